The Bertz CT molecular complexity index is 371. The van der Waals surface area contributed by atoms with Crippen LogP contribution in [0.25, 0.3) is 0 Å². The van der Waals surface area contributed by atoms with Crippen molar-refractivity contribution < 1.29 is 0 Å². The normalized spacial score (nSPS) is 31.9. The molecule has 1 saturated carbocycles. The Labute approximate surface area is 91.9 Å². The van der Waals surface area contributed by atoms with Crippen molar-refractivity contribution in [3.63, 3.8) is 0 Å². The van der Waals surface area contributed by atoms with Gasteiger partial charge in [-0.25, -0.2) is 0 Å². The Morgan fingerprint density at radius 2 is 2.27 bits per heavy atom. The van der Waals surface area contributed by atoms with Gasteiger partial charge in [0, 0.05) is 5.41 Å². The summed E-state index contributed by atoms with van der Waals surface area (Å²) in [6.45, 7) is 4.51. The van der Waals surface area contributed by atoms with E-state index in [1.165, 1.54) is 25.8 Å². The first-order chi connectivity index (χ1) is 7.37. The van der Waals surface area contributed by atoms with E-state index >= 15 is 0 Å². The molecule has 0 bridgehead atoms. The van der Waals surface area contributed by atoms with Crippen LogP contribution in [0.2, 0.25) is 0 Å². The van der Waals surface area contributed by atoms with E-state index in [0.717, 1.165) is 12.5 Å². The molecule has 0 radical (unpaired) electrons. The number of hydrogen-bond acceptors (Lipinski definition) is 1. The van der Waals surface area contributed by atoms with Gasteiger partial charge in [-0.2, -0.15) is 0 Å². The van der Waals surface area contributed by atoms with Crippen molar-refractivity contribution >= 4 is 0 Å². The van der Waals surface area contributed by atoms with E-state index < -0.39 is 0 Å². The first-order valence-corrected chi connectivity index (χ1v) is 6.16. The monoisotopic (exact) mass is 201 g/mol. The lowest BCUT2D eigenvalue weighted by molar-refractivity contribution is 0.556. The quantitative estimate of drug-likeness (QED) is 0.792. The molecule has 0 amide bonds. The van der Waals surface area contributed by atoms with Crippen LogP contribution in [0.4, 0.5) is 0 Å². The predicted molar refractivity (Wildman–Crippen MR) is 63.1 cm³/mol. The second-order valence-corrected chi connectivity index (χ2v) is 5.02. The lowest BCUT2D eigenvalue weighted by atomic mass is 9.95. The molecule has 2 atom stereocenters. The maximum Gasteiger partial charge on any atom is 0.000296 e. The molecule has 15 heavy (non-hydrogen) atoms. The van der Waals surface area contributed by atoms with Gasteiger partial charge in [0.15, 0.2) is 0 Å². The van der Waals surface area contributed by atoms with E-state index in [2.05, 4.69) is 36.5 Å². The van der Waals surface area contributed by atoms with Crippen LogP contribution in [0.3, 0.4) is 0 Å². The molecular formula is C14H19N. The van der Waals surface area contributed by atoms with Gasteiger partial charge in [0.2, 0.25) is 0 Å². The van der Waals surface area contributed by atoms with E-state index in [-0.39, 0.29) is 0 Å². The van der Waals surface area contributed by atoms with Crippen molar-refractivity contribution in [3.05, 3.63) is 35.4 Å². The van der Waals surface area contributed by atoms with Gasteiger partial charge in [0.25, 0.3) is 0 Å². The van der Waals surface area contributed by atoms with Gasteiger partial charge >= 0.3 is 0 Å². The van der Waals surface area contributed by atoms with Crippen molar-refractivity contribution in [2.24, 2.45) is 5.92 Å². The van der Waals surface area contributed by atoms with Crippen molar-refractivity contribution in [1.29, 1.82) is 0 Å². The zero-order valence-corrected chi connectivity index (χ0v) is 9.42. The molecule has 3 rings (SSSR count). The van der Waals surface area contributed by atoms with E-state index in [1.54, 1.807) is 11.1 Å². The van der Waals surface area contributed by atoms with Crippen molar-refractivity contribution in [3.8, 4) is 0 Å². The number of hydrogen-bond donors (Lipinski definition) is 1. The number of benzene rings is 1. The molecule has 1 aromatic carbocycles. The summed E-state index contributed by atoms with van der Waals surface area (Å²) >= 11 is 0. The van der Waals surface area contributed by atoms with E-state index in [4.69, 9.17) is 0 Å². The maximum atomic E-state index is 3.49. The van der Waals surface area contributed by atoms with Gasteiger partial charge in [0.1, 0.15) is 0 Å². The number of nitrogens with one attached hydrogen (secondary N) is 1. The van der Waals surface area contributed by atoms with Gasteiger partial charge in [-0.05, 0) is 49.4 Å². The summed E-state index contributed by atoms with van der Waals surface area (Å²) in [4.78, 5) is 0. The SMILES string of the molecule is CCNCC1CC12CCc1ccccc12. The Hall–Kier alpha value is -0.820. The highest BCUT2D eigenvalue weighted by atomic mass is 14.9. The average Bonchev–Trinajstić information content (AvgIpc) is 2.85. The highest BCUT2D eigenvalue weighted by Gasteiger charge is 2.57. The van der Waals surface area contributed by atoms with Crippen LogP contribution in [0.5, 0.6) is 0 Å². The number of fused-ring (bicyclic) bond motifs is 2. The number of rotatable bonds is 3. The molecule has 2 unspecified atom stereocenters. The minimum absolute atomic E-state index is 0.582. The molecule has 0 aliphatic heterocycles. The third kappa shape index (κ3) is 1.33. The Balaban J connectivity index is 1.81. The summed E-state index contributed by atoms with van der Waals surface area (Å²) in [5, 5.41) is 3.49. The third-order valence-electron chi connectivity index (χ3n) is 4.27. The average molecular weight is 201 g/mol. The number of aryl methyl sites for hydroxylation is 1. The van der Waals surface area contributed by atoms with Crippen LogP contribution >= 0.6 is 0 Å². The van der Waals surface area contributed by atoms with Crippen LogP contribution < -0.4 is 5.32 Å². The molecular weight excluding hydrogens is 182 g/mol. The summed E-state index contributed by atoms with van der Waals surface area (Å²) in [6.07, 6.45) is 4.11. The molecule has 1 heteroatoms. The standard InChI is InChI=1S/C14H19N/c1-2-15-10-12-9-14(12)8-7-11-5-3-4-6-13(11)14/h3-6,12,15H,2,7-10H2,1H3. The lowest BCUT2D eigenvalue weighted by Crippen LogP contribution is -2.19. The molecule has 0 saturated heterocycles. The van der Waals surface area contributed by atoms with Gasteiger partial charge in [-0.1, -0.05) is 31.2 Å². The predicted octanol–water partition coefficient (Wildman–Crippen LogP) is 2.50. The Morgan fingerprint density at radius 1 is 1.40 bits per heavy atom. The summed E-state index contributed by atoms with van der Waals surface area (Å²) < 4.78 is 0. The van der Waals surface area contributed by atoms with Gasteiger partial charge in [-0.15, -0.1) is 0 Å². The molecule has 0 heterocycles. The van der Waals surface area contributed by atoms with E-state index in [9.17, 15) is 0 Å². The third-order valence-corrected chi connectivity index (χ3v) is 4.27. The van der Waals surface area contributed by atoms with Crippen molar-refractivity contribution in [2.75, 3.05) is 13.1 Å². The highest BCUT2D eigenvalue weighted by molar-refractivity contribution is 5.45. The fourth-order valence-corrected chi connectivity index (χ4v) is 3.32. The first kappa shape index (κ1) is 9.41. The van der Waals surface area contributed by atoms with Crippen LogP contribution in [0, 0.1) is 5.92 Å². The lowest BCUT2D eigenvalue weighted by Gasteiger charge is -2.11. The van der Waals surface area contributed by atoms with Crippen molar-refractivity contribution in [2.45, 2.75) is 31.6 Å². The summed E-state index contributed by atoms with van der Waals surface area (Å²) in [5.74, 6) is 0.904. The molecule has 2 aliphatic rings. The Kier molecular flexibility index (Phi) is 2.10. The fourth-order valence-electron chi connectivity index (χ4n) is 3.32. The molecule has 1 nitrogen and oxygen atoms in total. The summed E-state index contributed by atoms with van der Waals surface area (Å²) in [5.41, 5.74) is 3.85. The minimum atomic E-state index is 0.582. The fraction of sp³-hybridized carbons (Fsp3) is 0.571. The molecule has 1 aromatic rings. The molecule has 0 aromatic heterocycles. The van der Waals surface area contributed by atoms with Gasteiger partial charge < -0.3 is 5.32 Å². The first-order valence-electron chi connectivity index (χ1n) is 6.16. The molecule has 1 N–H and O–H groups in total. The van der Waals surface area contributed by atoms with Gasteiger partial charge in [0.05, 0.1) is 0 Å². The van der Waals surface area contributed by atoms with Crippen LogP contribution in [0.1, 0.15) is 30.9 Å². The second-order valence-electron chi connectivity index (χ2n) is 5.02. The van der Waals surface area contributed by atoms with Crippen LogP contribution in [-0.4, -0.2) is 13.1 Å². The Morgan fingerprint density at radius 3 is 3.13 bits per heavy atom. The summed E-state index contributed by atoms with van der Waals surface area (Å²) in [7, 11) is 0. The van der Waals surface area contributed by atoms with E-state index in [1.807, 2.05) is 0 Å². The molecule has 80 valence electrons. The zero-order chi connectivity index (χ0) is 10.3. The zero-order valence-electron chi connectivity index (χ0n) is 9.42. The van der Waals surface area contributed by atoms with Crippen LogP contribution in [-0.2, 0) is 11.8 Å². The molecule has 2 aliphatic carbocycles. The second kappa shape index (κ2) is 3.34. The molecule has 1 spiro atoms. The summed E-state index contributed by atoms with van der Waals surface area (Å²) in [6, 6.07) is 9.05. The molecule has 1 fully saturated rings. The van der Waals surface area contributed by atoms with Crippen LogP contribution in [0.15, 0.2) is 24.3 Å². The minimum Gasteiger partial charge on any atom is -0.317 e. The largest absolute Gasteiger partial charge is 0.317 e. The van der Waals surface area contributed by atoms with Crippen molar-refractivity contribution in [1.82, 2.24) is 5.32 Å². The highest BCUT2D eigenvalue weighted by Crippen LogP contribution is 2.61. The van der Waals surface area contributed by atoms with Gasteiger partial charge in [-0.3, -0.25) is 0 Å². The van der Waals surface area contributed by atoms with E-state index in [0.29, 0.717) is 5.41 Å². The smallest absolute Gasteiger partial charge is 0.000296 e. The topological polar surface area (TPSA) is 12.0 Å². The maximum absolute atomic E-state index is 3.49.